The number of nitrogens with zero attached hydrogens (tertiary/aromatic N) is 5. The number of benzene rings is 1. The molecular formula is C24H31N5O3. The zero-order chi connectivity index (χ0) is 22.1. The van der Waals surface area contributed by atoms with Gasteiger partial charge < -0.3 is 14.4 Å². The summed E-state index contributed by atoms with van der Waals surface area (Å²) in [6.45, 7) is 10.7. The van der Waals surface area contributed by atoms with E-state index < -0.39 is 0 Å². The highest BCUT2D eigenvalue weighted by Gasteiger charge is 2.31. The highest BCUT2D eigenvalue weighted by Crippen LogP contribution is 2.33. The summed E-state index contributed by atoms with van der Waals surface area (Å²) >= 11 is 0. The summed E-state index contributed by atoms with van der Waals surface area (Å²) < 4.78 is 10.9. The zero-order valence-electron chi connectivity index (χ0n) is 18.9. The number of carbonyl (C=O) groups excluding carboxylic acids is 1. The molecule has 2 fully saturated rings. The lowest BCUT2D eigenvalue weighted by atomic mass is 10.0. The fourth-order valence-electron chi connectivity index (χ4n) is 5.01. The first-order valence-corrected chi connectivity index (χ1v) is 11.5. The van der Waals surface area contributed by atoms with E-state index in [1.54, 1.807) is 6.07 Å². The van der Waals surface area contributed by atoms with Crippen molar-refractivity contribution in [1.29, 1.82) is 0 Å². The summed E-state index contributed by atoms with van der Waals surface area (Å²) in [6, 6.07) is 8.44. The summed E-state index contributed by atoms with van der Waals surface area (Å²) in [5.41, 5.74) is 2.62. The van der Waals surface area contributed by atoms with Crippen molar-refractivity contribution in [3.63, 3.8) is 0 Å². The third-order valence-electron chi connectivity index (χ3n) is 6.64. The van der Waals surface area contributed by atoms with Gasteiger partial charge in [-0.15, -0.1) is 0 Å². The van der Waals surface area contributed by atoms with Gasteiger partial charge in [-0.1, -0.05) is 6.07 Å². The van der Waals surface area contributed by atoms with E-state index >= 15 is 0 Å². The van der Waals surface area contributed by atoms with Crippen LogP contribution in [0, 0.1) is 13.8 Å². The van der Waals surface area contributed by atoms with E-state index in [0.29, 0.717) is 24.4 Å². The van der Waals surface area contributed by atoms with Gasteiger partial charge in [-0.3, -0.25) is 14.6 Å². The summed E-state index contributed by atoms with van der Waals surface area (Å²) in [5.74, 6) is 2.37. The lowest BCUT2D eigenvalue weighted by molar-refractivity contribution is 0.0404. The van der Waals surface area contributed by atoms with Crippen LogP contribution in [0.15, 0.2) is 24.3 Å². The fourth-order valence-corrected chi connectivity index (χ4v) is 5.01. The van der Waals surface area contributed by atoms with Gasteiger partial charge in [0.1, 0.15) is 11.5 Å². The molecule has 0 saturated carbocycles. The zero-order valence-corrected chi connectivity index (χ0v) is 18.9. The molecule has 2 saturated heterocycles. The molecule has 1 atom stereocenters. The first-order chi connectivity index (χ1) is 15.5. The Labute approximate surface area is 189 Å². The Hall–Kier alpha value is -2.71. The number of likely N-dealkylation sites (tertiary alicyclic amines) is 1. The molecule has 1 aromatic heterocycles. The second-order valence-electron chi connectivity index (χ2n) is 8.99. The minimum Gasteiger partial charge on any atom is -0.454 e. The summed E-state index contributed by atoms with van der Waals surface area (Å²) in [4.78, 5) is 28.8. The van der Waals surface area contributed by atoms with E-state index in [1.165, 1.54) is 5.56 Å². The Morgan fingerprint density at radius 3 is 2.66 bits per heavy atom. The SMILES string of the molecule is Cc1cc(C(=O)N2CCC[C@@H](N3CCN(Cc4ccc5c(c4)OCO5)CC3)C2)nc(C)n1. The molecule has 1 amide bonds. The van der Waals surface area contributed by atoms with Crippen LogP contribution < -0.4 is 9.47 Å². The van der Waals surface area contributed by atoms with E-state index in [9.17, 15) is 4.79 Å². The fraction of sp³-hybridized carbons (Fsp3) is 0.542. The van der Waals surface area contributed by atoms with Gasteiger partial charge in [0.2, 0.25) is 6.79 Å². The summed E-state index contributed by atoms with van der Waals surface area (Å²) in [6.07, 6.45) is 2.19. The van der Waals surface area contributed by atoms with Crippen molar-refractivity contribution < 1.29 is 14.3 Å². The van der Waals surface area contributed by atoms with E-state index in [-0.39, 0.29) is 5.91 Å². The van der Waals surface area contributed by atoms with Gasteiger partial charge in [0.25, 0.3) is 5.91 Å². The van der Waals surface area contributed by atoms with Gasteiger partial charge in [-0.25, -0.2) is 9.97 Å². The topological polar surface area (TPSA) is 71.0 Å². The molecule has 3 aliphatic rings. The van der Waals surface area contributed by atoms with Crippen molar-refractivity contribution in [1.82, 2.24) is 24.7 Å². The summed E-state index contributed by atoms with van der Waals surface area (Å²) in [5, 5.41) is 0. The normalized spacial score (nSPS) is 21.7. The van der Waals surface area contributed by atoms with Crippen molar-refractivity contribution in [3.8, 4) is 11.5 Å². The number of hydrogen-bond acceptors (Lipinski definition) is 7. The number of amides is 1. The van der Waals surface area contributed by atoms with Crippen LogP contribution in [-0.4, -0.2) is 82.7 Å². The Morgan fingerprint density at radius 1 is 1.03 bits per heavy atom. The first-order valence-electron chi connectivity index (χ1n) is 11.5. The van der Waals surface area contributed by atoms with E-state index in [1.807, 2.05) is 24.8 Å². The number of aryl methyl sites for hydroxylation is 2. The number of hydrogen-bond donors (Lipinski definition) is 0. The third kappa shape index (κ3) is 4.56. The molecule has 170 valence electrons. The predicted octanol–water partition coefficient (Wildman–Crippen LogP) is 2.24. The van der Waals surface area contributed by atoms with Gasteiger partial charge in [0, 0.05) is 57.5 Å². The van der Waals surface area contributed by atoms with Crippen LogP contribution in [0.4, 0.5) is 0 Å². The molecule has 5 rings (SSSR count). The number of aromatic nitrogens is 2. The molecule has 0 spiro atoms. The maximum atomic E-state index is 13.1. The van der Waals surface area contributed by atoms with Crippen LogP contribution in [0.3, 0.4) is 0 Å². The largest absolute Gasteiger partial charge is 0.454 e. The molecule has 4 heterocycles. The van der Waals surface area contributed by atoms with Crippen molar-refractivity contribution in [2.45, 2.75) is 39.3 Å². The maximum absolute atomic E-state index is 13.1. The molecule has 32 heavy (non-hydrogen) atoms. The highest BCUT2D eigenvalue weighted by atomic mass is 16.7. The van der Waals surface area contributed by atoms with Gasteiger partial charge in [-0.05, 0) is 50.5 Å². The highest BCUT2D eigenvalue weighted by molar-refractivity contribution is 5.92. The Balaban J connectivity index is 1.15. The van der Waals surface area contributed by atoms with Crippen molar-refractivity contribution in [2.75, 3.05) is 46.1 Å². The maximum Gasteiger partial charge on any atom is 0.272 e. The second-order valence-corrected chi connectivity index (χ2v) is 8.99. The molecule has 8 heteroatoms. The Kier molecular flexibility index (Phi) is 5.97. The van der Waals surface area contributed by atoms with Crippen molar-refractivity contribution >= 4 is 5.91 Å². The molecule has 3 aliphatic heterocycles. The Bertz CT molecular complexity index is 969. The summed E-state index contributed by atoms with van der Waals surface area (Å²) in [7, 11) is 0. The van der Waals surface area contributed by atoms with Gasteiger partial charge in [0.05, 0.1) is 0 Å². The Morgan fingerprint density at radius 2 is 1.84 bits per heavy atom. The average Bonchev–Trinajstić information content (AvgIpc) is 3.26. The van der Waals surface area contributed by atoms with E-state index in [2.05, 4.69) is 31.9 Å². The van der Waals surface area contributed by atoms with Crippen LogP contribution in [0.1, 0.15) is 40.4 Å². The molecule has 0 aliphatic carbocycles. The van der Waals surface area contributed by atoms with E-state index in [0.717, 1.165) is 75.8 Å². The second kappa shape index (κ2) is 9.03. The predicted molar refractivity (Wildman–Crippen MR) is 120 cm³/mol. The molecule has 0 N–H and O–H groups in total. The number of carbonyl (C=O) groups is 1. The van der Waals surface area contributed by atoms with E-state index in [4.69, 9.17) is 9.47 Å². The molecule has 2 aromatic rings. The number of piperidine rings is 1. The van der Waals surface area contributed by atoms with Crippen molar-refractivity contribution in [3.05, 3.63) is 47.0 Å². The number of piperazine rings is 1. The van der Waals surface area contributed by atoms with Crippen molar-refractivity contribution in [2.24, 2.45) is 0 Å². The minimum atomic E-state index is 0.0322. The minimum absolute atomic E-state index is 0.0322. The molecule has 0 bridgehead atoms. The molecule has 1 aromatic carbocycles. The molecular weight excluding hydrogens is 406 g/mol. The van der Waals surface area contributed by atoms with Crippen LogP contribution >= 0.6 is 0 Å². The lowest BCUT2D eigenvalue weighted by Crippen LogP contribution is -2.55. The number of ether oxygens (including phenoxy) is 2. The number of rotatable bonds is 4. The first kappa shape index (κ1) is 21.2. The van der Waals surface area contributed by atoms with Gasteiger partial charge >= 0.3 is 0 Å². The standard InChI is InChI=1S/C24H31N5O3/c1-17-12-21(26-18(2)25-17)24(30)29-7-3-4-20(15-29)28-10-8-27(9-11-28)14-19-5-6-22-23(13-19)32-16-31-22/h5-6,12-13,20H,3-4,7-11,14-16H2,1-2H3/t20-/m1/s1. The van der Waals surface area contributed by atoms with Gasteiger partial charge in [-0.2, -0.15) is 0 Å². The molecule has 0 unspecified atom stereocenters. The van der Waals surface area contributed by atoms with Crippen LogP contribution in [0.2, 0.25) is 0 Å². The third-order valence-corrected chi connectivity index (χ3v) is 6.64. The van der Waals surface area contributed by atoms with Crippen LogP contribution in [0.5, 0.6) is 11.5 Å². The average molecular weight is 438 g/mol. The van der Waals surface area contributed by atoms with Gasteiger partial charge in [0.15, 0.2) is 11.5 Å². The monoisotopic (exact) mass is 437 g/mol. The quantitative estimate of drug-likeness (QED) is 0.727. The lowest BCUT2D eigenvalue weighted by Gasteiger charge is -2.43. The smallest absolute Gasteiger partial charge is 0.272 e. The number of fused-ring (bicyclic) bond motifs is 1. The molecule has 0 radical (unpaired) electrons. The molecule has 8 nitrogen and oxygen atoms in total. The van der Waals surface area contributed by atoms with Crippen LogP contribution in [0.25, 0.3) is 0 Å². The van der Waals surface area contributed by atoms with Crippen LogP contribution in [-0.2, 0) is 6.54 Å².